The number of nitrogens with one attached hydrogen (secondary N) is 2. The number of thiocarbonyl (C=S) groups is 1. The average Bonchev–Trinajstić information content (AvgIpc) is 3.24. The molecule has 4 heteroatoms. The molecule has 0 aromatic rings. The van der Waals surface area contributed by atoms with Crippen LogP contribution in [0.4, 0.5) is 0 Å². The summed E-state index contributed by atoms with van der Waals surface area (Å²) < 4.78 is 6.42. The Hall–Kier alpha value is -0.710. The lowest BCUT2D eigenvalue weighted by Crippen LogP contribution is -2.39. The van der Waals surface area contributed by atoms with Crippen LogP contribution in [-0.2, 0) is 4.74 Å². The van der Waals surface area contributed by atoms with Crippen LogP contribution in [0.2, 0.25) is 0 Å². The van der Waals surface area contributed by atoms with Crippen molar-refractivity contribution in [3.8, 4) is 0 Å². The van der Waals surface area contributed by atoms with Gasteiger partial charge in [-0.25, -0.2) is 0 Å². The van der Waals surface area contributed by atoms with Gasteiger partial charge in [0.15, 0.2) is 5.05 Å². The first-order valence-electron chi connectivity index (χ1n) is 27.1. The van der Waals surface area contributed by atoms with Gasteiger partial charge < -0.3 is 15.4 Å². The first-order valence-corrected chi connectivity index (χ1v) is 27.6. The normalized spacial score (nSPS) is 11.9. The van der Waals surface area contributed by atoms with Gasteiger partial charge in [-0.05, 0) is 95.9 Å². The van der Waals surface area contributed by atoms with E-state index in [9.17, 15) is 0 Å². The number of allylic oxidation sites excluding steroid dienone is 4. The molecule has 350 valence electrons. The number of unbranched alkanes of at least 4 members (excludes halogenated alkanes) is 36. The van der Waals surface area contributed by atoms with Gasteiger partial charge >= 0.3 is 0 Å². The van der Waals surface area contributed by atoms with Gasteiger partial charge in [0.1, 0.15) is 6.10 Å². The molecular formula is C55H108N2OS. The van der Waals surface area contributed by atoms with Crippen molar-refractivity contribution >= 4 is 17.3 Å². The summed E-state index contributed by atoms with van der Waals surface area (Å²) in [5.74, 6) is 0. The molecule has 0 spiro atoms. The topological polar surface area (TPSA) is 33.3 Å². The molecule has 0 rings (SSSR count). The van der Waals surface area contributed by atoms with Crippen molar-refractivity contribution in [2.45, 2.75) is 297 Å². The molecule has 2 N–H and O–H groups in total. The second-order valence-electron chi connectivity index (χ2n) is 18.4. The summed E-state index contributed by atoms with van der Waals surface area (Å²) >= 11 is 5.78. The highest BCUT2D eigenvalue weighted by molar-refractivity contribution is 7.80. The quantitative estimate of drug-likeness (QED) is 0.0363. The highest BCUT2D eigenvalue weighted by Crippen LogP contribution is 2.15. The van der Waals surface area contributed by atoms with Crippen LogP contribution >= 0.6 is 12.2 Å². The van der Waals surface area contributed by atoms with Gasteiger partial charge in [-0.15, -0.1) is 0 Å². The van der Waals surface area contributed by atoms with Gasteiger partial charge in [0.05, 0.1) is 0 Å². The summed E-state index contributed by atoms with van der Waals surface area (Å²) in [5.41, 5.74) is 0. The van der Waals surface area contributed by atoms with E-state index in [2.05, 4.69) is 55.7 Å². The molecule has 0 saturated carbocycles. The summed E-state index contributed by atoms with van der Waals surface area (Å²) in [6.45, 7) is 10.9. The van der Waals surface area contributed by atoms with Crippen LogP contribution in [0, 0.1) is 0 Å². The lowest BCUT2D eigenvalue weighted by molar-refractivity contribution is 0.181. The van der Waals surface area contributed by atoms with Gasteiger partial charge in [0.2, 0.25) is 0 Å². The van der Waals surface area contributed by atoms with Gasteiger partial charge in [0, 0.05) is 19.5 Å². The van der Waals surface area contributed by atoms with Crippen LogP contribution in [0.15, 0.2) is 24.3 Å². The Balaban J connectivity index is 4.12. The first-order chi connectivity index (χ1) is 29.2. The molecule has 59 heavy (non-hydrogen) atoms. The minimum atomic E-state index is 0.132. The van der Waals surface area contributed by atoms with Crippen LogP contribution in [0.25, 0.3) is 0 Å². The number of ether oxygens (including phenoxy) is 1. The van der Waals surface area contributed by atoms with Crippen molar-refractivity contribution in [3.05, 3.63) is 24.3 Å². The molecule has 0 bridgehead atoms. The van der Waals surface area contributed by atoms with E-state index in [0.29, 0.717) is 0 Å². The van der Waals surface area contributed by atoms with Crippen molar-refractivity contribution in [3.63, 3.8) is 0 Å². The maximum absolute atomic E-state index is 6.42. The molecule has 0 aliphatic heterocycles. The van der Waals surface area contributed by atoms with Crippen molar-refractivity contribution in [2.75, 3.05) is 26.2 Å². The van der Waals surface area contributed by atoms with Gasteiger partial charge in [-0.1, -0.05) is 238 Å². The second-order valence-corrected chi connectivity index (χ2v) is 18.8. The van der Waals surface area contributed by atoms with Crippen LogP contribution in [0.3, 0.4) is 0 Å². The molecule has 3 nitrogen and oxygen atoms in total. The summed E-state index contributed by atoms with van der Waals surface area (Å²) in [7, 11) is 0. The Labute approximate surface area is 378 Å². The Bertz CT molecular complexity index is 797. The first kappa shape index (κ1) is 58.3. The molecule has 0 radical (unpaired) electrons. The molecule has 0 aromatic carbocycles. The van der Waals surface area contributed by atoms with E-state index in [4.69, 9.17) is 17.0 Å². The van der Waals surface area contributed by atoms with Crippen LogP contribution in [-0.4, -0.2) is 37.3 Å². The second kappa shape index (κ2) is 53.4. The van der Waals surface area contributed by atoms with Crippen molar-refractivity contribution in [2.24, 2.45) is 0 Å². The van der Waals surface area contributed by atoms with E-state index in [0.717, 1.165) is 37.7 Å². The van der Waals surface area contributed by atoms with Crippen molar-refractivity contribution in [1.29, 1.82) is 0 Å². The molecule has 0 amide bonds. The summed E-state index contributed by atoms with van der Waals surface area (Å²) in [5, 5.41) is 8.29. The zero-order valence-corrected chi connectivity index (χ0v) is 41.5. The fourth-order valence-electron chi connectivity index (χ4n) is 8.21. The van der Waals surface area contributed by atoms with Crippen molar-refractivity contribution in [1.82, 2.24) is 10.6 Å². The van der Waals surface area contributed by atoms with E-state index >= 15 is 0 Å². The molecule has 0 fully saturated rings. The standard InChI is InChI=1S/C55H108N2OS/c1-4-7-10-13-16-19-22-25-27-29-32-35-38-41-44-47-50-56-52-54(58-55(59)49-46-43-40-37-34-31-24-21-18-15-12-9-6-3)53-57-51-48-45-42-39-36-33-30-28-26-23-20-17-14-11-8-5-2/h25-28,54,56-57H,4-24,29-53H2,1-3H3/b27-25-,28-26-. The molecule has 0 aliphatic rings. The van der Waals surface area contributed by atoms with Gasteiger partial charge in [0.25, 0.3) is 0 Å². The third-order valence-corrected chi connectivity index (χ3v) is 12.6. The number of rotatable bonds is 51. The molecule has 0 saturated heterocycles. The molecule has 0 aromatic heterocycles. The fourth-order valence-corrected chi connectivity index (χ4v) is 8.49. The molecule has 0 heterocycles. The average molecular weight is 846 g/mol. The third kappa shape index (κ3) is 51.5. The largest absolute Gasteiger partial charge is 0.481 e. The van der Waals surface area contributed by atoms with Crippen LogP contribution < -0.4 is 10.6 Å². The summed E-state index contributed by atoms with van der Waals surface area (Å²) in [4.78, 5) is 0. The minimum Gasteiger partial charge on any atom is -0.481 e. The molecule has 0 atom stereocenters. The maximum atomic E-state index is 6.42. The Morgan fingerprint density at radius 2 is 0.610 bits per heavy atom. The minimum absolute atomic E-state index is 0.132. The number of hydrogen-bond acceptors (Lipinski definition) is 4. The zero-order valence-electron chi connectivity index (χ0n) is 40.7. The lowest BCUT2D eigenvalue weighted by Gasteiger charge is -2.21. The molecular weight excluding hydrogens is 737 g/mol. The summed E-state index contributed by atoms with van der Waals surface area (Å²) in [6, 6.07) is 0. The smallest absolute Gasteiger partial charge is 0.160 e. The molecule has 0 aliphatic carbocycles. The Morgan fingerprint density at radius 3 is 0.915 bits per heavy atom. The maximum Gasteiger partial charge on any atom is 0.160 e. The van der Waals surface area contributed by atoms with Crippen molar-refractivity contribution < 1.29 is 4.74 Å². The fraction of sp³-hybridized carbons (Fsp3) is 0.909. The van der Waals surface area contributed by atoms with Crippen LogP contribution in [0.1, 0.15) is 290 Å². The highest BCUT2D eigenvalue weighted by Gasteiger charge is 2.12. The zero-order chi connectivity index (χ0) is 42.6. The Morgan fingerprint density at radius 1 is 0.356 bits per heavy atom. The predicted molar refractivity (Wildman–Crippen MR) is 272 cm³/mol. The van der Waals surface area contributed by atoms with Gasteiger partial charge in [-0.3, -0.25) is 0 Å². The van der Waals surface area contributed by atoms with Crippen LogP contribution in [0.5, 0.6) is 0 Å². The Kier molecular flexibility index (Phi) is 52.8. The van der Waals surface area contributed by atoms with E-state index in [-0.39, 0.29) is 6.10 Å². The summed E-state index contributed by atoms with van der Waals surface area (Å²) in [6.07, 6.45) is 66.8. The van der Waals surface area contributed by atoms with Gasteiger partial charge in [-0.2, -0.15) is 0 Å². The monoisotopic (exact) mass is 845 g/mol. The predicted octanol–water partition coefficient (Wildman–Crippen LogP) is 18.4. The SMILES string of the molecule is CCCCCCCC/C=C\CCCCCCCCNCC(CNCCCCCCCC/C=C\CCCCCCCC)OC(=S)CCCCCCCCCCCCCCC. The molecule has 0 unspecified atom stereocenters. The lowest BCUT2D eigenvalue weighted by atomic mass is 10.0. The third-order valence-electron chi connectivity index (χ3n) is 12.3. The van der Waals surface area contributed by atoms with E-state index in [1.54, 1.807) is 0 Å². The number of hydrogen-bond donors (Lipinski definition) is 2. The van der Waals surface area contributed by atoms with E-state index in [1.165, 1.54) is 263 Å². The highest BCUT2D eigenvalue weighted by atomic mass is 32.1. The van der Waals surface area contributed by atoms with E-state index < -0.39 is 0 Å². The van der Waals surface area contributed by atoms with E-state index in [1.807, 2.05) is 0 Å².